The Morgan fingerprint density at radius 2 is 1.77 bits per heavy atom. The molecule has 0 amide bonds. The summed E-state index contributed by atoms with van der Waals surface area (Å²) in [6, 6.07) is 15.5. The Hall–Kier alpha value is -3.05. The molecule has 156 valence electrons. The van der Waals surface area contributed by atoms with E-state index in [9.17, 15) is 4.79 Å². The van der Waals surface area contributed by atoms with E-state index in [-0.39, 0.29) is 5.97 Å². The van der Waals surface area contributed by atoms with Gasteiger partial charge in [-0.25, -0.2) is 9.78 Å². The van der Waals surface area contributed by atoms with Crippen molar-refractivity contribution in [3.63, 3.8) is 0 Å². The Morgan fingerprint density at radius 1 is 1.10 bits per heavy atom. The van der Waals surface area contributed by atoms with Gasteiger partial charge in [-0.3, -0.25) is 0 Å². The number of benzene rings is 2. The van der Waals surface area contributed by atoms with E-state index in [1.807, 2.05) is 69.3 Å². The number of H-pyrrole nitrogens is 1. The second kappa shape index (κ2) is 9.18. The van der Waals surface area contributed by atoms with Crippen LogP contribution in [0.15, 0.2) is 54.6 Å². The number of methoxy groups -OCH3 is 1. The highest BCUT2D eigenvalue weighted by atomic mass is 35.5. The maximum atomic E-state index is 11.8. The molecule has 1 aromatic heterocycles. The van der Waals surface area contributed by atoms with Crippen molar-refractivity contribution in [3.05, 3.63) is 76.7 Å². The molecule has 6 heteroatoms. The minimum absolute atomic E-state index is 0.358. The number of nitrogens with zero attached hydrogens (tertiary/aromatic N) is 1. The number of nitrogens with one attached hydrogen (secondary N) is 1. The summed E-state index contributed by atoms with van der Waals surface area (Å²) < 4.78 is 10.5. The average molecular weight is 425 g/mol. The molecular weight excluding hydrogens is 400 g/mol. The van der Waals surface area contributed by atoms with Crippen LogP contribution >= 0.6 is 11.6 Å². The molecule has 0 aliphatic carbocycles. The fourth-order valence-electron chi connectivity index (χ4n) is 2.86. The predicted molar refractivity (Wildman–Crippen MR) is 120 cm³/mol. The fourth-order valence-corrected chi connectivity index (χ4v) is 3.12. The van der Waals surface area contributed by atoms with Crippen molar-refractivity contribution in [1.82, 2.24) is 9.97 Å². The number of rotatable bonds is 6. The number of carbonyl (C=O) groups is 1. The van der Waals surface area contributed by atoms with Crippen LogP contribution in [-0.4, -0.2) is 28.6 Å². The molecule has 30 heavy (non-hydrogen) atoms. The molecule has 0 radical (unpaired) electrons. The zero-order chi connectivity index (χ0) is 21.7. The molecule has 0 atom stereocenters. The zero-order valence-corrected chi connectivity index (χ0v) is 18.3. The van der Waals surface area contributed by atoms with Crippen molar-refractivity contribution in [3.8, 4) is 17.0 Å². The minimum Gasteiger partial charge on any atom is -0.497 e. The number of esters is 1. The van der Waals surface area contributed by atoms with E-state index < -0.39 is 5.60 Å². The van der Waals surface area contributed by atoms with Crippen molar-refractivity contribution in [1.29, 1.82) is 0 Å². The molecule has 2 aromatic carbocycles. The molecule has 5 nitrogen and oxygen atoms in total. The highest BCUT2D eigenvalue weighted by molar-refractivity contribution is 6.31. The first-order valence-corrected chi connectivity index (χ1v) is 10.00. The molecule has 0 fully saturated rings. The summed E-state index contributed by atoms with van der Waals surface area (Å²) in [5.74, 6) is 1.21. The third-order valence-electron chi connectivity index (χ3n) is 4.24. The molecule has 1 heterocycles. The van der Waals surface area contributed by atoms with Gasteiger partial charge in [0, 0.05) is 18.1 Å². The normalized spacial score (nSPS) is 11.6. The first-order chi connectivity index (χ1) is 14.2. The monoisotopic (exact) mass is 424 g/mol. The Bertz CT molecular complexity index is 1030. The Kier molecular flexibility index (Phi) is 6.63. The van der Waals surface area contributed by atoms with E-state index in [4.69, 9.17) is 21.1 Å². The van der Waals surface area contributed by atoms with Gasteiger partial charge in [-0.2, -0.15) is 0 Å². The number of hydrogen-bond acceptors (Lipinski definition) is 4. The van der Waals surface area contributed by atoms with Gasteiger partial charge in [0.05, 0.1) is 7.11 Å². The molecule has 0 aliphatic heterocycles. The number of halogens is 1. The number of imidazole rings is 1. The van der Waals surface area contributed by atoms with Gasteiger partial charge in [-0.1, -0.05) is 35.9 Å². The summed E-state index contributed by atoms with van der Waals surface area (Å²) in [4.78, 5) is 19.6. The van der Waals surface area contributed by atoms with Crippen molar-refractivity contribution in [2.45, 2.75) is 32.8 Å². The summed E-state index contributed by atoms with van der Waals surface area (Å²) in [7, 11) is 1.63. The topological polar surface area (TPSA) is 64.2 Å². The number of aromatic nitrogens is 2. The molecular formula is C24H25ClN2O3. The van der Waals surface area contributed by atoms with Crippen LogP contribution in [0.2, 0.25) is 5.15 Å². The summed E-state index contributed by atoms with van der Waals surface area (Å²) in [6.07, 6.45) is 3.79. The average Bonchev–Trinajstić information content (AvgIpc) is 3.06. The summed E-state index contributed by atoms with van der Waals surface area (Å²) in [5, 5.41) is 0.507. The number of hydrogen-bond donors (Lipinski definition) is 1. The molecule has 0 saturated carbocycles. The van der Waals surface area contributed by atoms with Gasteiger partial charge < -0.3 is 14.5 Å². The predicted octanol–water partition coefficient (Wildman–Crippen LogP) is 5.68. The third kappa shape index (κ3) is 5.97. The summed E-state index contributed by atoms with van der Waals surface area (Å²) in [6.45, 7) is 5.53. The number of ether oxygens (including phenoxy) is 2. The zero-order valence-electron chi connectivity index (χ0n) is 17.5. The second-order valence-corrected chi connectivity index (χ2v) is 8.24. The molecule has 0 saturated heterocycles. The number of carbonyl (C=O) groups excluding carboxylic acids is 1. The van der Waals surface area contributed by atoms with Crippen LogP contribution in [0.3, 0.4) is 0 Å². The minimum atomic E-state index is -0.500. The van der Waals surface area contributed by atoms with Gasteiger partial charge in [0.2, 0.25) is 0 Å². The van der Waals surface area contributed by atoms with E-state index in [0.29, 0.717) is 17.3 Å². The smallest absolute Gasteiger partial charge is 0.331 e. The van der Waals surface area contributed by atoms with Gasteiger partial charge in [0.25, 0.3) is 0 Å². The van der Waals surface area contributed by atoms with Crippen LogP contribution in [0, 0.1) is 0 Å². The molecule has 0 aliphatic rings. The van der Waals surface area contributed by atoms with Gasteiger partial charge in [0.15, 0.2) is 0 Å². The molecule has 1 N–H and O–H groups in total. The standard InChI is InChI=1S/C24H25ClN2O3/c1-24(2,3)30-21(28)14-9-16-5-7-17(8-6-16)15-20-26-22(23(25)27-20)18-10-12-19(29-4)13-11-18/h5-14H,15H2,1-4H3,(H,26,27). The maximum Gasteiger partial charge on any atom is 0.331 e. The van der Waals surface area contributed by atoms with Gasteiger partial charge in [-0.15, -0.1) is 0 Å². The Labute approximate surface area is 181 Å². The molecule has 0 bridgehead atoms. The Balaban J connectivity index is 1.66. The van der Waals surface area contributed by atoms with Gasteiger partial charge in [-0.05, 0) is 62.2 Å². The van der Waals surface area contributed by atoms with Gasteiger partial charge >= 0.3 is 5.97 Å². The van der Waals surface area contributed by atoms with E-state index in [1.54, 1.807) is 13.2 Å². The Morgan fingerprint density at radius 3 is 2.37 bits per heavy atom. The van der Waals surface area contributed by atoms with Crippen molar-refractivity contribution in [2.75, 3.05) is 7.11 Å². The van der Waals surface area contributed by atoms with E-state index in [1.165, 1.54) is 6.08 Å². The lowest BCUT2D eigenvalue weighted by atomic mass is 10.1. The van der Waals surface area contributed by atoms with Crippen LogP contribution in [-0.2, 0) is 16.0 Å². The largest absolute Gasteiger partial charge is 0.497 e. The van der Waals surface area contributed by atoms with Crippen LogP contribution < -0.4 is 4.74 Å². The van der Waals surface area contributed by atoms with Crippen LogP contribution in [0.1, 0.15) is 37.7 Å². The van der Waals surface area contributed by atoms with Crippen molar-refractivity contribution in [2.24, 2.45) is 0 Å². The highest BCUT2D eigenvalue weighted by Gasteiger charge is 2.14. The summed E-state index contributed by atoms with van der Waals surface area (Å²) >= 11 is 6.36. The lowest BCUT2D eigenvalue weighted by Gasteiger charge is -2.17. The lowest BCUT2D eigenvalue weighted by molar-refractivity contribution is -0.148. The van der Waals surface area contributed by atoms with E-state index in [0.717, 1.165) is 28.3 Å². The number of aromatic amines is 1. The molecule has 3 rings (SSSR count). The van der Waals surface area contributed by atoms with Crippen molar-refractivity contribution >= 4 is 23.6 Å². The first-order valence-electron chi connectivity index (χ1n) is 9.62. The van der Waals surface area contributed by atoms with Crippen LogP contribution in [0.5, 0.6) is 5.75 Å². The fraction of sp³-hybridized carbons (Fsp3) is 0.250. The maximum absolute atomic E-state index is 11.8. The van der Waals surface area contributed by atoms with E-state index >= 15 is 0 Å². The second-order valence-electron chi connectivity index (χ2n) is 7.86. The molecule has 3 aromatic rings. The van der Waals surface area contributed by atoms with Gasteiger partial charge in [0.1, 0.15) is 28.0 Å². The first kappa shape index (κ1) is 21.7. The van der Waals surface area contributed by atoms with Crippen molar-refractivity contribution < 1.29 is 14.3 Å². The third-order valence-corrected chi connectivity index (χ3v) is 4.52. The van der Waals surface area contributed by atoms with E-state index in [2.05, 4.69) is 9.97 Å². The molecule has 0 unspecified atom stereocenters. The SMILES string of the molecule is COc1ccc(-c2nc(Cc3ccc(C=CC(=O)OC(C)(C)C)cc3)[nH]c2Cl)cc1. The highest BCUT2D eigenvalue weighted by Crippen LogP contribution is 2.28. The van der Waals surface area contributed by atoms with Crippen LogP contribution in [0.25, 0.3) is 17.3 Å². The lowest BCUT2D eigenvalue weighted by Crippen LogP contribution is -2.22. The van der Waals surface area contributed by atoms with Crippen LogP contribution in [0.4, 0.5) is 0 Å². The summed E-state index contributed by atoms with van der Waals surface area (Å²) in [5.41, 5.74) is 3.13. The quantitative estimate of drug-likeness (QED) is 0.408. The molecule has 0 spiro atoms.